The van der Waals surface area contributed by atoms with Crippen molar-refractivity contribution >= 4 is 58.8 Å². The zero-order chi connectivity index (χ0) is 60.0. The van der Waals surface area contributed by atoms with Crippen molar-refractivity contribution in [3.63, 3.8) is 0 Å². The fraction of sp³-hybridized carbons (Fsp3) is 0.361. The summed E-state index contributed by atoms with van der Waals surface area (Å²) >= 11 is 0. The maximum absolute atomic E-state index is 14.3. The standard InChI is InChI=1S/C61H73N7O15/c1-8-25-82-60(76)66-49-32-53(51(79-7)30-47(49)59(75)68-34-43-18-13-11-16-41(43)28-45(68)35-70)81-27-14-26-80-52-31-48(46(29-50(52)78-6)57(73)62-33-42-17-12-10-15-40(42)9-2)65-61(77)83-36-39-19-21-44(22-20-39)64-56(72)38(5)63-58(74)55(37(3)4)67-54(71)23-24-69/h8,10-13,15-22,29-32,37-38,45,55,69-70H,1,9,14,23-28,33-36H2,2-7H3,(H,62,73)(H,63,74)(H,64,72)(H,65,77)(H,66,76)(H,67,71)/t38-,45?,55-/m0/s1. The van der Waals surface area contributed by atoms with Crippen LogP contribution in [0.5, 0.6) is 23.0 Å². The molecular weight excluding hydrogens is 1070 g/mol. The van der Waals surface area contributed by atoms with Gasteiger partial charge in [0.15, 0.2) is 23.0 Å². The number of rotatable bonds is 28. The van der Waals surface area contributed by atoms with Gasteiger partial charge in [-0.25, -0.2) is 9.59 Å². The zero-order valence-electron chi connectivity index (χ0n) is 47.5. The maximum atomic E-state index is 14.3. The van der Waals surface area contributed by atoms with Crippen LogP contribution in [0.4, 0.5) is 26.7 Å². The van der Waals surface area contributed by atoms with Gasteiger partial charge in [-0.05, 0) is 77.8 Å². The van der Waals surface area contributed by atoms with Gasteiger partial charge in [0.05, 0.1) is 69.2 Å². The molecule has 5 aromatic carbocycles. The molecule has 22 nitrogen and oxygen atoms in total. The second-order valence-electron chi connectivity index (χ2n) is 19.6. The van der Waals surface area contributed by atoms with E-state index in [0.717, 1.165) is 28.7 Å². The van der Waals surface area contributed by atoms with Gasteiger partial charge >= 0.3 is 12.2 Å². The molecule has 0 spiro atoms. The van der Waals surface area contributed by atoms with Crippen LogP contribution < -0.4 is 50.8 Å². The van der Waals surface area contributed by atoms with Crippen molar-refractivity contribution in [3.05, 3.63) is 149 Å². The third-order valence-electron chi connectivity index (χ3n) is 13.4. The molecule has 0 saturated heterocycles. The number of aliphatic hydroxyl groups excluding tert-OH is 2. The van der Waals surface area contributed by atoms with E-state index in [1.807, 2.05) is 55.5 Å². The molecule has 1 aliphatic rings. The number of ether oxygens (including phenoxy) is 6. The van der Waals surface area contributed by atoms with Crippen molar-refractivity contribution in [1.29, 1.82) is 0 Å². The Morgan fingerprint density at radius 1 is 0.711 bits per heavy atom. The summed E-state index contributed by atoms with van der Waals surface area (Å²) in [6.07, 6.45) is 0.920. The number of amides is 7. The summed E-state index contributed by atoms with van der Waals surface area (Å²) in [4.78, 5) is 94.3. The Morgan fingerprint density at radius 2 is 1.31 bits per heavy atom. The topological polar surface area (TPSA) is 291 Å². The number of carbonyl (C=O) groups is 7. The Morgan fingerprint density at radius 3 is 1.92 bits per heavy atom. The second kappa shape index (κ2) is 31.2. The summed E-state index contributed by atoms with van der Waals surface area (Å²) < 4.78 is 34.4. The first kappa shape index (κ1) is 63.0. The molecule has 1 heterocycles. The smallest absolute Gasteiger partial charge is 0.411 e. The highest BCUT2D eigenvalue weighted by atomic mass is 16.6. The number of hydrogen-bond acceptors (Lipinski definition) is 15. The summed E-state index contributed by atoms with van der Waals surface area (Å²) in [5, 5.41) is 35.6. The van der Waals surface area contributed by atoms with Crippen LogP contribution in [0.3, 0.4) is 0 Å². The van der Waals surface area contributed by atoms with Crippen molar-refractivity contribution in [3.8, 4) is 23.0 Å². The van der Waals surface area contributed by atoms with Crippen LogP contribution in [-0.2, 0) is 56.4 Å². The van der Waals surface area contributed by atoms with E-state index < -0.39 is 59.8 Å². The molecule has 3 atom stereocenters. The summed E-state index contributed by atoms with van der Waals surface area (Å²) in [7, 11) is 2.81. The van der Waals surface area contributed by atoms with Crippen LogP contribution in [0.15, 0.2) is 110 Å². The number of anilines is 3. The van der Waals surface area contributed by atoms with Crippen molar-refractivity contribution in [2.75, 3.05) is 63.2 Å². The third-order valence-corrected chi connectivity index (χ3v) is 13.4. The minimum absolute atomic E-state index is 0.0326. The summed E-state index contributed by atoms with van der Waals surface area (Å²) in [6, 6.07) is 25.2. The average molecular weight is 1140 g/mol. The molecule has 6 rings (SSSR count). The highest BCUT2D eigenvalue weighted by Gasteiger charge is 2.33. The lowest BCUT2D eigenvalue weighted by Crippen LogP contribution is -2.53. The number of nitrogens with one attached hydrogen (secondary N) is 6. The fourth-order valence-electron chi connectivity index (χ4n) is 8.91. The minimum atomic E-state index is -0.977. The Kier molecular flexibility index (Phi) is 23.7. The van der Waals surface area contributed by atoms with Crippen LogP contribution in [0.1, 0.15) is 89.1 Å². The zero-order valence-corrected chi connectivity index (χ0v) is 47.5. The van der Waals surface area contributed by atoms with Gasteiger partial charge in [-0.15, -0.1) is 0 Å². The molecule has 5 aromatic rings. The van der Waals surface area contributed by atoms with E-state index >= 15 is 0 Å². The van der Waals surface area contributed by atoms with Gasteiger partial charge in [0.2, 0.25) is 17.7 Å². The monoisotopic (exact) mass is 1140 g/mol. The molecule has 1 unspecified atom stereocenters. The number of methoxy groups -OCH3 is 2. The molecule has 0 radical (unpaired) electrons. The summed E-state index contributed by atoms with van der Waals surface area (Å²) in [5.41, 5.74) is 5.09. The Hall–Kier alpha value is -9.15. The molecule has 8 N–H and O–H groups in total. The first-order valence-corrected chi connectivity index (χ1v) is 27.1. The molecule has 442 valence electrons. The number of nitrogens with zero attached hydrogens (tertiary/aromatic N) is 1. The number of carbonyl (C=O) groups excluding carboxylic acids is 7. The number of benzene rings is 5. The van der Waals surface area contributed by atoms with Gasteiger partial charge in [0.1, 0.15) is 25.3 Å². The lowest BCUT2D eigenvalue weighted by Gasteiger charge is -2.36. The van der Waals surface area contributed by atoms with Crippen LogP contribution in [0.25, 0.3) is 0 Å². The summed E-state index contributed by atoms with van der Waals surface area (Å²) in [5.74, 6) is -2.16. The van der Waals surface area contributed by atoms with Crippen LogP contribution in [0, 0.1) is 5.92 Å². The quantitative estimate of drug-likeness (QED) is 0.0184. The summed E-state index contributed by atoms with van der Waals surface area (Å²) in [6.45, 7) is 10.1. The van der Waals surface area contributed by atoms with Gasteiger partial charge in [-0.2, -0.15) is 0 Å². The van der Waals surface area contributed by atoms with Gasteiger partial charge in [-0.1, -0.05) is 94.1 Å². The molecule has 1 aliphatic heterocycles. The van der Waals surface area contributed by atoms with Crippen molar-refractivity contribution in [2.24, 2.45) is 5.92 Å². The normalized spacial score (nSPS) is 13.2. The lowest BCUT2D eigenvalue weighted by atomic mass is 9.93. The van der Waals surface area contributed by atoms with Crippen molar-refractivity contribution < 1.29 is 72.2 Å². The number of hydrogen-bond donors (Lipinski definition) is 8. The maximum Gasteiger partial charge on any atom is 0.411 e. The Bertz CT molecular complexity index is 3100. The van der Waals surface area contributed by atoms with Crippen LogP contribution in [-0.4, -0.2) is 122 Å². The minimum Gasteiger partial charge on any atom is -0.493 e. The SMILES string of the molecule is C=CCOC(=O)Nc1cc(OCCCOc2cc(NC(=O)OCc3ccc(NC(=O)[C@H](C)NC(=O)[C@@H](NC(=O)CCO)C(C)C)cc3)c(C(=O)NCc3ccccc3CC)cc2OC)c(OC)cc1C(=O)N1Cc2ccccc2CC1CO. The molecule has 0 bridgehead atoms. The first-order valence-electron chi connectivity index (χ1n) is 27.1. The van der Waals surface area contributed by atoms with E-state index in [4.69, 9.17) is 33.5 Å². The van der Waals surface area contributed by atoms with Crippen molar-refractivity contribution in [2.45, 2.75) is 91.2 Å². The van der Waals surface area contributed by atoms with E-state index in [1.54, 1.807) is 43.0 Å². The molecule has 0 saturated carbocycles. The lowest BCUT2D eigenvalue weighted by molar-refractivity contribution is -0.132. The van der Waals surface area contributed by atoms with Crippen LogP contribution in [0.2, 0.25) is 0 Å². The molecule has 0 aliphatic carbocycles. The molecule has 0 fully saturated rings. The van der Waals surface area contributed by atoms with Crippen molar-refractivity contribution in [1.82, 2.24) is 20.9 Å². The van der Waals surface area contributed by atoms with E-state index in [2.05, 4.69) is 38.5 Å². The van der Waals surface area contributed by atoms with Gasteiger partial charge < -0.3 is 64.8 Å². The van der Waals surface area contributed by atoms with Gasteiger partial charge in [0.25, 0.3) is 11.8 Å². The molecule has 0 aromatic heterocycles. The van der Waals surface area contributed by atoms with E-state index in [-0.39, 0.29) is 117 Å². The molecule has 22 heteroatoms. The Labute approximate surface area is 482 Å². The number of aryl methyl sites for hydroxylation is 1. The van der Waals surface area contributed by atoms with Gasteiger partial charge in [-0.3, -0.25) is 34.6 Å². The molecule has 83 heavy (non-hydrogen) atoms. The number of aliphatic hydroxyl groups is 2. The Balaban J connectivity index is 1.13. The molecule has 7 amide bonds. The molecular formula is C61H73N7O15. The third kappa shape index (κ3) is 17.7. The van der Waals surface area contributed by atoms with E-state index in [0.29, 0.717) is 17.7 Å². The highest BCUT2D eigenvalue weighted by molar-refractivity contribution is 6.05. The second-order valence-corrected chi connectivity index (χ2v) is 19.6. The predicted molar refractivity (Wildman–Crippen MR) is 310 cm³/mol. The average Bonchev–Trinajstić information content (AvgIpc) is 3.65. The fourth-order valence-corrected chi connectivity index (χ4v) is 8.91. The predicted octanol–water partition coefficient (Wildman–Crippen LogP) is 7.05. The van der Waals surface area contributed by atoms with Crippen LogP contribution >= 0.6 is 0 Å². The highest BCUT2D eigenvalue weighted by Crippen LogP contribution is 2.37. The van der Waals surface area contributed by atoms with E-state index in [1.165, 1.54) is 51.5 Å². The first-order chi connectivity index (χ1) is 40.0. The van der Waals surface area contributed by atoms with Gasteiger partial charge in [0, 0.05) is 43.8 Å². The number of fused-ring (bicyclic) bond motifs is 1. The largest absolute Gasteiger partial charge is 0.493 e. The van der Waals surface area contributed by atoms with E-state index in [9.17, 15) is 38.7 Å².